The van der Waals surface area contributed by atoms with Crippen molar-refractivity contribution in [1.82, 2.24) is 15.5 Å². The van der Waals surface area contributed by atoms with E-state index in [0.29, 0.717) is 31.3 Å². The summed E-state index contributed by atoms with van der Waals surface area (Å²) in [6.07, 6.45) is 1.02. The van der Waals surface area contributed by atoms with Crippen LogP contribution in [-0.4, -0.2) is 69.9 Å². The van der Waals surface area contributed by atoms with Gasteiger partial charge in [-0.25, -0.2) is 0 Å². The van der Waals surface area contributed by atoms with Gasteiger partial charge in [0.05, 0.1) is 19.3 Å². The smallest absolute Gasteiger partial charge is 0.309 e. The van der Waals surface area contributed by atoms with Crippen LogP contribution in [0.3, 0.4) is 0 Å². The monoisotopic (exact) mass is 466 g/mol. The SMILES string of the molecule is CN1CCc2cc([C@H](CNC(=O)C(=O)NCc3ccc4c(c3)OCO4)N3CCOCC3)ccc21. The average Bonchev–Trinajstić information content (AvgIpc) is 3.49. The van der Waals surface area contributed by atoms with Crippen molar-refractivity contribution in [3.05, 3.63) is 53.1 Å². The summed E-state index contributed by atoms with van der Waals surface area (Å²) >= 11 is 0. The molecule has 34 heavy (non-hydrogen) atoms. The Labute approximate surface area is 198 Å². The standard InChI is InChI=1S/C25H30N4O5/c1-28-7-6-19-13-18(3-4-20(19)28)21(29-8-10-32-11-9-29)15-27-25(31)24(30)26-14-17-2-5-22-23(12-17)34-16-33-22/h2-5,12-13,21H,6-11,14-16H2,1H3,(H,26,30)(H,27,31)/t21-/m0/s1. The molecule has 180 valence electrons. The molecule has 0 radical (unpaired) electrons. The van der Waals surface area contributed by atoms with Gasteiger partial charge in [-0.15, -0.1) is 0 Å². The summed E-state index contributed by atoms with van der Waals surface area (Å²) in [7, 11) is 2.10. The van der Waals surface area contributed by atoms with Crippen molar-refractivity contribution in [3.8, 4) is 11.5 Å². The molecule has 0 bridgehead atoms. The van der Waals surface area contributed by atoms with E-state index in [2.05, 4.69) is 45.7 Å². The zero-order chi connectivity index (χ0) is 23.5. The summed E-state index contributed by atoms with van der Waals surface area (Å²) in [6, 6.07) is 11.9. The molecule has 3 heterocycles. The number of fused-ring (bicyclic) bond motifs is 2. The van der Waals surface area contributed by atoms with Crippen molar-refractivity contribution in [1.29, 1.82) is 0 Å². The topological polar surface area (TPSA) is 92.4 Å². The van der Waals surface area contributed by atoms with Gasteiger partial charge < -0.3 is 29.7 Å². The third kappa shape index (κ3) is 4.80. The lowest BCUT2D eigenvalue weighted by atomic mass is 10.0. The number of hydrogen-bond acceptors (Lipinski definition) is 7. The predicted molar refractivity (Wildman–Crippen MR) is 126 cm³/mol. The molecule has 1 saturated heterocycles. The first-order chi connectivity index (χ1) is 16.6. The molecule has 2 amide bonds. The Morgan fingerprint density at radius 3 is 2.62 bits per heavy atom. The van der Waals surface area contributed by atoms with Gasteiger partial charge in [-0.1, -0.05) is 18.2 Å². The third-order valence-corrected chi connectivity index (χ3v) is 6.65. The van der Waals surface area contributed by atoms with Crippen LogP contribution in [0.15, 0.2) is 36.4 Å². The Kier molecular flexibility index (Phi) is 6.55. The number of ether oxygens (including phenoxy) is 3. The number of nitrogens with one attached hydrogen (secondary N) is 2. The van der Waals surface area contributed by atoms with Crippen LogP contribution in [0.4, 0.5) is 5.69 Å². The molecule has 5 rings (SSSR count). The van der Waals surface area contributed by atoms with E-state index in [0.717, 1.165) is 37.2 Å². The maximum absolute atomic E-state index is 12.6. The number of amides is 2. The fourth-order valence-corrected chi connectivity index (χ4v) is 4.72. The van der Waals surface area contributed by atoms with Crippen LogP contribution in [0.5, 0.6) is 11.5 Å². The summed E-state index contributed by atoms with van der Waals surface area (Å²) in [5.41, 5.74) is 4.57. The quantitative estimate of drug-likeness (QED) is 0.619. The van der Waals surface area contributed by atoms with Gasteiger partial charge in [0.15, 0.2) is 11.5 Å². The van der Waals surface area contributed by atoms with E-state index in [-0.39, 0.29) is 19.4 Å². The van der Waals surface area contributed by atoms with E-state index in [4.69, 9.17) is 14.2 Å². The molecule has 0 aliphatic carbocycles. The summed E-state index contributed by atoms with van der Waals surface area (Å²) in [5.74, 6) is 0.0270. The first-order valence-electron chi connectivity index (χ1n) is 11.7. The van der Waals surface area contributed by atoms with E-state index >= 15 is 0 Å². The van der Waals surface area contributed by atoms with E-state index in [1.165, 1.54) is 11.3 Å². The van der Waals surface area contributed by atoms with Crippen LogP contribution in [0.2, 0.25) is 0 Å². The first kappa shape index (κ1) is 22.5. The van der Waals surface area contributed by atoms with E-state index in [9.17, 15) is 9.59 Å². The number of carbonyl (C=O) groups is 2. The summed E-state index contributed by atoms with van der Waals surface area (Å²) in [4.78, 5) is 29.6. The minimum absolute atomic E-state index is 0.0225. The zero-order valence-corrected chi connectivity index (χ0v) is 19.3. The molecule has 3 aliphatic heterocycles. The number of benzene rings is 2. The molecule has 0 unspecified atom stereocenters. The van der Waals surface area contributed by atoms with Gasteiger partial charge in [0.1, 0.15) is 0 Å². The summed E-state index contributed by atoms with van der Waals surface area (Å²) in [6.45, 7) is 4.68. The molecule has 9 heteroatoms. The highest BCUT2D eigenvalue weighted by Gasteiger charge is 2.26. The molecular weight excluding hydrogens is 436 g/mol. The number of hydrogen-bond donors (Lipinski definition) is 2. The second kappa shape index (κ2) is 9.90. The van der Waals surface area contributed by atoms with Crippen LogP contribution in [-0.2, 0) is 27.3 Å². The highest BCUT2D eigenvalue weighted by Crippen LogP contribution is 2.33. The summed E-state index contributed by atoms with van der Waals surface area (Å²) in [5, 5.41) is 5.53. The third-order valence-electron chi connectivity index (χ3n) is 6.65. The second-order valence-electron chi connectivity index (χ2n) is 8.80. The predicted octanol–water partition coefficient (Wildman–Crippen LogP) is 1.21. The maximum atomic E-state index is 12.6. The van der Waals surface area contributed by atoms with Gasteiger partial charge in [-0.3, -0.25) is 14.5 Å². The number of carbonyl (C=O) groups excluding carboxylic acids is 2. The Morgan fingerprint density at radius 1 is 0.971 bits per heavy atom. The van der Waals surface area contributed by atoms with E-state index in [1.807, 2.05) is 6.07 Å². The van der Waals surface area contributed by atoms with Crippen molar-refractivity contribution in [2.24, 2.45) is 0 Å². The molecule has 9 nitrogen and oxygen atoms in total. The Hall–Kier alpha value is -3.30. The zero-order valence-electron chi connectivity index (χ0n) is 19.3. The van der Waals surface area contributed by atoms with Crippen LogP contribution in [0.1, 0.15) is 22.7 Å². The lowest BCUT2D eigenvalue weighted by Gasteiger charge is -2.35. The van der Waals surface area contributed by atoms with Crippen LogP contribution < -0.4 is 25.0 Å². The molecular formula is C25H30N4O5. The molecule has 0 aromatic heterocycles. The summed E-state index contributed by atoms with van der Waals surface area (Å²) < 4.78 is 16.2. The van der Waals surface area contributed by atoms with Crippen molar-refractivity contribution >= 4 is 17.5 Å². The first-order valence-corrected chi connectivity index (χ1v) is 11.7. The molecule has 2 aromatic rings. The van der Waals surface area contributed by atoms with Crippen molar-refractivity contribution < 1.29 is 23.8 Å². The lowest BCUT2D eigenvalue weighted by molar-refractivity contribution is -0.139. The number of nitrogens with zero attached hydrogens (tertiary/aromatic N) is 2. The normalized spacial score (nSPS) is 17.9. The van der Waals surface area contributed by atoms with Crippen LogP contribution in [0, 0.1) is 0 Å². The molecule has 1 atom stereocenters. The minimum atomic E-state index is -0.658. The van der Waals surface area contributed by atoms with Gasteiger partial charge in [-0.05, 0) is 41.3 Å². The van der Waals surface area contributed by atoms with Crippen LogP contribution in [0.25, 0.3) is 0 Å². The van der Waals surface area contributed by atoms with Gasteiger partial charge >= 0.3 is 11.8 Å². The van der Waals surface area contributed by atoms with E-state index in [1.54, 1.807) is 12.1 Å². The number of rotatable bonds is 6. The molecule has 1 fully saturated rings. The van der Waals surface area contributed by atoms with Crippen molar-refractivity contribution in [2.45, 2.75) is 19.0 Å². The minimum Gasteiger partial charge on any atom is -0.454 e. The maximum Gasteiger partial charge on any atom is 0.309 e. The van der Waals surface area contributed by atoms with Crippen molar-refractivity contribution in [2.75, 3.05) is 58.1 Å². The fraction of sp³-hybridized carbons (Fsp3) is 0.440. The fourth-order valence-electron chi connectivity index (χ4n) is 4.72. The van der Waals surface area contributed by atoms with E-state index < -0.39 is 11.8 Å². The second-order valence-corrected chi connectivity index (χ2v) is 8.80. The van der Waals surface area contributed by atoms with Gasteiger partial charge in [0.2, 0.25) is 6.79 Å². The number of morpholine rings is 1. The number of likely N-dealkylation sites (N-methyl/N-ethyl adjacent to an activating group) is 1. The Balaban J connectivity index is 1.21. The Bertz CT molecular complexity index is 1070. The molecule has 0 spiro atoms. The highest BCUT2D eigenvalue weighted by atomic mass is 16.7. The average molecular weight is 467 g/mol. The molecule has 3 aliphatic rings. The number of anilines is 1. The van der Waals surface area contributed by atoms with Crippen molar-refractivity contribution in [3.63, 3.8) is 0 Å². The van der Waals surface area contributed by atoms with Gasteiger partial charge in [0, 0.05) is 45.5 Å². The molecule has 2 N–H and O–H groups in total. The molecule has 2 aromatic carbocycles. The van der Waals surface area contributed by atoms with Gasteiger partial charge in [0.25, 0.3) is 0 Å². The van der Waals surface area contributed by atoms with Gasteiger partial charge in [-0.2, -0.15) is 0 Å². The molecule has 0 saturated carbocycles. The largest absolute Gasteiger partial charge is 0.454 e. The highest BCUT2D eigenvalue weighted by molar-refractivity contribution is 6.35. The van der Waals surface area contributed by atoms with Crippen LogP contribution >= 0.6 is 0 Å². The lowest BCUT2D eigenvalue weighted by Crippen LogP contribution is -2.46. The Morgan fingerprint density at radius 2 is 1.76 bits per heavy atom.